The van der Waals surface area contributed by atoms with E-state index in [0.717, 1.165) is 15.2 Å². The van der Waals surface area contributed by atoms with E-state index >= 15 is 0 Å². The highest BCUT2D eigenvalue weighted by Gasteiger charge is 2.34. The van der Waals surface area contributed by atoms with Crippen LogP contribution in [0.3, 0.4) is 0 Å². The number of hydrogen-bond acceptors (Lipinski definition) is 3. The van der Waals surface area contributed by atoms with Gasteiger partial charge in [0, 0.05) is 26.7 Å². The number of aryl methyl sites for hydroxylation is 2. The normalized spacial score (nSPS) is 12.1. The standard InChI is InChI=1S/C15H13F3N4O2/c1-20-10-12(21(2)14(24)22(3)13(10)23)19-11(20)8-6-4-5-7-9(8)15(16,17)18/h4-7H,1-3H3. The van der Waals surface area contributed by atoms with Crippen molar-refractivity contribution in [2.24, 2.45) is 21.1 Å². The Balaban J connectivity index is 2.46. The molecule has 9 heteroatoms. The zero-order valence-corrected chi connectivity index (χ0v) is 13.0. The van der Waals surface area contributed by atoms with Crippen molar-refractivity contribution in [1.29, 1.82) is 0 Å². The lowest BCUT2D eigenvalue weighted by Gasteiger charge is -2.12. The van der Waals surface area contributed by atoms with Crippen LogP contribution in [0.5, 0.6) is 0 Å². The third kappa shape index (κ3) is 2.15. The van der Waals surface area contributed by atoms with Crippen molar-refractivity contribution in [2.45, 2.75) is 6.18 Å². The predicted octanol–water partition coefficient (Wildman–Crippen LogP) is 1.66. The van der Waals surface area contributed by atoms with Gasteiger partial charge in [-0.05, 0) is 6.07 Å². The fraction of sp³-hybridized carbons (Fsp3) is 0.267. The second-order valence-corrected chi connectivity index (χ2v) is 5.42. The highest BCUT2D eigenvalue weighted by Crippen LogP contribution is 2.36. The van der Waals surface area contributed by atoms with Crippen LogP contribution >= 0.6 is 0 Å². The molecule has 6 nitrogen and oxygen atoms in total. The zero-order chi connectivity index (χ0) is 17.8. The molecule has 1 aromatic carbocycles. The van der Waals surface area contributed by atoms with Gasteiger partial charge in [0.05, 0.1) is 5.56 Å². The Morgan fingerprint density at radius 2 is 1.58 bits per heavy atom. The summed E-state index contributed by atoms with van der Waals surface area (Å²) in [7, 11) is 4.17. The van der Waals surface area contributed by atoms with Crippen LogP contribution in [0.4, 0.5) is 13.2 Å². The van der Waals surface area contributed by atoms with E-state index in [2.05, 4.69) is 4.98 Å². The number of fused-ring (bicyclic) bond motifs is 1. The van der Waals surface area contributed by atoms with Crippen LogP contribution in [0, 0.1) is 0 Å². The van der Waals surface area contributed by atoms with Crippen LogP contribution in [-0.2, 0) is 27.3 Å². The summed E-state index contributed by atoms with van der Waals surface area (Å²) in [6.07, 6.45) is -4.56. The average molecular weight is 338 g/mol. The van der Waals surface area contributed by atoms with E-state index in [4.69, 9.17) is 0 Å². The molecule has 126 valence electrons. The van der Waals surface area contributed by atoms with Gasteiger partial charge in [-0.1, -0.05) is 18.2 Å². The molecule has 3 rings (SSSR count). The molecule has 24 heavy (non-hydrogen) atoms. The summed E-state index contributed by atoms with van der Waals surface area (Å²) in [5.74, 6) is -0.0313. The summed E-state index contributed by atoms with van der Waals surface area (Å²) in [5, 5.41) is 0. The van der Waals surface area contributed by atoms with Crippen molar-refractivity contribution in [3.63, 3.8) is 0 Å². The number of halogens is 3. The lowest BCUT2D eigenvalue weighted by molar-refractivity contribution is -0.137. The summed E-state index contributed by atoms with van der Waals surface area (Å²) in [6.45, 7) is 0. The lowest BCUT2D eigenvalue weighted by Crippen LogP contribution is -2.37. The van der Waals surface area contributed by atoms with Crippen molar-refractivity contribution >= 4 is 11.2 Å². The highest BCUT2D eigenvalue weighted by atomic mass is 19.4. The first kappa shape index (κ1) is 16.0. The van der Waals surface area contributed by atoms with Crippen molar-refractivity contribution in [3.05, 3.63) is 50.7 Å². The largest absolute Gasteiger partial charge is 0.417 e. The molecular formula is C15H13F3N4O2. The highest BCUT2D eigenvalue weighted by molar-refractivity contribution is 5.78. The minimum absolute atomic E-state index is 0.0313. The molecule has 0 aliphatic rings. The van der Waals surface area contributed by atoms with E-state index in [-0.39, 0.29) is 22.6 Å². The Kier molecular flexibility index (Phi) is 3.40. The molecule has 0 saturated carbocycles. The number of rotatable bonds is 1. The van der Waals surface area contributed by atoms with E-state index in [1.165, 1.54) is 43.9 Å². The maximum atomic E-state index is 13.2. The van der Waals surface area contributed by atoms with Gasteiger partial charge in [0.15, 0.2) is 11.2 Å². The first-order valence-corrected chi connectivity index (χ1v) is 6.93. The molecule has 0 aliphatic heterocycles. The summed E-state index contributed by atoms with van der Waals surface area (Å²) in [4.78, 5) is 28.4. The Hall–Kier alpha value is -2.84. The Bertz CT molecular complexity index is 1070. The molecule has 0 saturated heterocycles. The van der Waals surface area contributed by atoms with Crippen molar-refractivity contribution in [3.8, 4) is 11.4 Å². The van der Waals surface area contributed by atoms with Gasteiger partial charge in [0.25, 0.3) is 5.56 Å². The van der Waals surface area contributed by atoms with Crippen molar-refractivity contribution in [1.82, 2.24) is 18.7 Å². The number of nitrogens with zero attached hydrogens (tertiary/aromatic N) is 4. The molecule has 3 aromatic rings. The smallest absolute Gasteiger partial charge is 0.321 e. The fourth-order valence-corrected chi connectivity index (χ4v) is 2.68. The predicted molar refractivity (Wildman–Crippen MR) is 81.6 cm³/mol. The van der Waals surface area contributed by atoms with E-state index in [0.29, 0.717) is 0 Å². The third-order valence-electron chi connectivity index (χ3n) is 3.95. The number of aromatic nitrogens is 4. The second kappa shape index (κ2) is 5.08. The topological polar surface area (TPSA) is 61.8 Å². The molecule has 2 heterocycles. The Labute approximate surface area is 133 Å². The van der Waals surface area contributed by atoms with E-state index in [1.807, 2.05) is 0 Å². The average Bonchev–Trinajstić information content (AvgIpc) is 2.87. The van der Waals surface area contributed by atoms with Gasteiger partial charge in [-0.15, -0.1) is 0 Å². The first-order chi connectivity index (χ1) is 11.1. The molecular weight excluding hydrogens is 325 g/mol. The molecule has 0 atom stereocenters. The Morgan fingerprint density at radius 1 is 0.958 bits per heavy atom. The van der Waals surface area contributed by atoms with Crippen LogP contribution in [-0.4, -0.2) is 18.7 Å². The van der Waals surface area contributed by atoms with Gasteiger partial charge in [-0.3, -0.25) is 13.9 Å². The molecule has 0 fully saturated rings. The lowest BCUT2D eigenvalue weighted by atomic mass is 10.1. The summed E-state index contributed by atoms with van der Waals surface area (Å²) in [5.41, 5.74) is -2.12. The zero-order valence-electron chi connectivity index (χ0n) is 13.0. The molecule has 0 spiro atoms. The Morgan fingerprint density at radius 3 is 2.21 bits per heavy atom. The molecule has 0 radical (unpaired) electrons. The molecule has 0 amide bonds. The van der Waals surface area contributed by atoms with Crippen molar-refractivity contribution < 1.29 is 13.2 Å². The summed E-state index contributed by atoms with van der Waals surface area (Å²) < 4.78 is 43.1. The molecule has 2 aromatic heterocycles. The third-order valence-corrected chi connectivity index (χ3v) is 3.95. The van der Waals surface area contributed by atoms with E-state index < -0.39 is 23.0 Å². The minimum atomic E-state index is -4.56. The van der Waals surface area contributed by atoms with E-state index in [9.17, 15) is 22.8 Å². The maximum Gasteiger partial charge on any atom is 0.417 e. The van der Waals surface area contributed by atoms with Crippen LogP contribution in [0.15, 0.2) is 33.9 Å². The number of alkyl halides is 3. The molecule has 0 unspecified atom stereocenters. The van der Waals surface area contributed by atoms with Gasteiger partial charge in [-0.2, -0.15) is 13.2 Å². The summed E-state index contributed by atoms with van der Waals surface area (Å²) >= 11 is 0. The van der Waals surface area contributed by atoms with Gasteiger partial charge in [-0.25, -0.2) is 9.78 Å². The van der Waals surface area contributed by atoms with Crippen LogP contribution in [0.1, 0.15) is 5.56 Å². The van der Waals surface area contributed by atoms with Gasteiger partial charge in [0.2, 0.25) is 0 Å². The number of imidazole rings is 1. The fourth-order valence-electron chi connectivity index (χ4n) is 2.68. The second-order valence-electron chi connectivity index (χ2n) is 5.42. The number of benzene rings is 1. The van der Waals surface area contributed by atoms with Crippen LogP contribution in [0.2, 0.25) is 0 Å². The number of hydrogen-bond donors (Lipinski definition) is 0. The monoisotopic (exact) mass is 338 g/mol. The van der Waals surface area contributed by atoms with Crippen molar-refractivity contribution in [2.75, 3.05) is 0 Å². The quantitative estimate of drug-likeness (QED) is 0.678. The maximum absolute atomic E-state index is 13.2. The van der Waals surface area contributed by atoms with E-state index in [1.54, 1.807) is 0 Å². The first-order valence-electron chi connectivity index (χ1n) is 6.93. The molecule has 0 aliphatic carbocycles. The molecule has 0 bridgehead atoms. The SMILES string of the molecule is Cn1c(=O)c2c(nc(-c3ccccc3C(F)(F)F)n2C)n(C)c1=O. The minimum Gasteiger partial charge on any atom is -0.321 e. The molecule has 0 N–H and O–H groups in total. The van der Waals surface area contributed by atoms with Gasteiger partial charge in [0.1, 0.15) is 5.82 Å². The van der Waals surface area contributed by atoms with Gasteiger partial charge >= 0.3 is 11.9 Å². The van der Waals surface area contributed by atoms with Crippen LogP contribution < -0.4 is 11.2 Å². The summed E-state index contributed by atoms with van der Waals surface area (Å²) in [6, 6.07) is 4.98. The van der Waals surface area contributed by atoms with Crippen LogP contribution in [0.25, 0.3) is 22.6 Å². The van der Waals surface area contributed by atoms with Gasteiger partial charge < -0.3 is 4.57 Å².